The lowest BCUT2D eigenvalue weighted by molar-refractivity contribution is -0.155. The van der Waals surface area contributed by atoms with Crippen LogP contribution in [0.5, 0.6) is 5.75 Å². The van der Waals surface area contributed by atoms with Crippen molar-refractivity contribution in [2.24, 2.45) is 0 Å². The fraction of sp³-hybridized carbons (Fsp3) is 0.552. The third-order valence-corrected chi connectivity index (χ3v) is 7.31. The third kappa shape index (κ3) is 7.09. The largest absolute Gasteiger partial charge is 0.508 e. The Balaban J connectivity index is 1.76. The van der Waals surface area contributed by atoms with E-state index in [1.165, 1.54) is 25.1 Å². The first kappa shape index (κ1) is 31.0. The van der Waals surface area contributed by atoms with Crippen molar-refractivity contribution in [1.82, 2.24) is 9.80 Å². The molecule has 0 aromatic heterocycles. The van der Waals surface area contributed by atoms with Gasteiger partial charge in [-0.3, -0.25) is 19.1 Å². The van der Waals surface area contributed by atoms with E-state index in [0.29, 0.717) is 31.6 Å². The number of rotatable bonds is 7. The second kappa shape index (κ2) is 11.7. The normalized spacial score (nSPS) is 20.4. The van der Waals surface area contributed by atoms with E-state index in [9.17, 15) is 27.5 Å². The van der Waals surface area contributed by atoms with Crippen LogP contribution in [0.15, 0.2) is 30.3 Å². The maximum Gasteiger partial charge on any atom is 0.415 e. The Labute approximate surface area is 235 Å². The van der Waals surface area contributed by atoms with Crippen molar-refractivity contribution < 1.29 is 41.0 Å². The molecular weight excluding hydrogens is 552 g/mol. The van der Waals surface area contributed by atoms with Crippen LogP contribution in [0.25, 0.3) is 0 Å². The lowest BCUT2D eigenvalue weighted by Crippen LogP contribution is -2.61. The summed E-state index contributed by atoms with van der Waals surface area (Å²) in [6.07, 6.45) is -5.01. The van der Waals surface area contributed by atoms with Crippen molar-refractivity contribution in [3.8, 4) is 5.75 Å². The minimum Gasteiger partial charge on any atom is -0.508 e. The molecule has 0 spiro atoms. The van der Waals surface area contributed by atoms with Crippen molar-refractivity contribution in [1.29, 1.82) is 0 Å². The Morgan fingerprint density at radius 3 is 2.29 bits per heavy atom. The van der Waals surface area contributed by atoms with Crippen molar-refractivity contribution in [2.45, 2.75) is 70.4 Å². The summed E-state index contributed by atoms with van der Waals surface area (Å²) >= 11 is 0. The van der Waals surface area contributed by atoms with E-state index < -0.39 is 66.4 Å². The molecule has 0 aliphatic carbocycles. The number of benzene rings is 2. The van der Waals surface area contributed by atoms with Gasteiger partial charge in [0.05, 0.1) is 31.0 Å². The molecule has 0 bridgehead atoms. The summed E-state index contributed by atoms with van der Waals surface area (Å²) in [5.74, 6) is -2.34. The summed E-state index contributed by atoms with van der Waals surface area (Å²) in [5, 5.41) is 9.96. The molecular formula is C29H35F6N3O3. The standard InChI is InChI=1S/C29H35F6N3O3/c1-17-10-18-11-21(39)6-7-22(18)26(37(17)16-29(33,34)35)25-23(31)12-19(13-24(25)32)38(27(40)41-28(2,3)4)20-14-36(15-20)9-5-8-30/h6-7,11-13,17,20,26,39H,5,8-10,14-16H2,1-4H3/t17-,26+/m1/s1. The molecule has 1 fully saturated rings. The minimum atomic E-state index is -4.64. The third-order valence-electron chi connectivity index (χ3n) is 7.31. The second-order valence-corrected chi connectivity index (χ2v) is 11.8. The Hall–Kier alpha value is -2.99. The van der Waals surface area contributed by atoms with E-state index in [1.54, 1.807) is 20.8 Å². The van der Waals surface area contributed by atoms with Crippen LogP contribution in [0.1, 0.15) is 56.8 Å². The number of hydrogen-bond acceptors (Lipinski definition) is 5. The van der Waals surface area contributed by atoms with Gasteiger partial charge >= 0.3 is 12.3 Å². The number of fused-ring (bicyclic) bond motifs is 1. The number of amides is 1. The van der Waals surface area contributed by atoms with Gasteiger partial charge in [-0.2, -0.15) is 13.2 Å². The zero-order valence-corrected chi connectivity index (χ0v) is 23.4. The number of aromatic hydroxyl groups is 1. The summed E-state index contributed by atoms with van der Waals surface area (Å²) in [4.78, 5) is 17.2. The second-order valence-electron chi connectivity index (χ2n) is 11.8. The number of carbonyl (C=O) groups is 1. The van der Waals surface area contributed by atoms with Crippen LogP contribution in [-0.2, 0) is 11.2 Å². The first-order valence-corrected chi connectivity index (χ1v) is 13.5. The Morgan fingerprint density at radius 1 is 1.10 bits per heavy atom. The van der Waals surface area contributed by atoms with Crippen LogP contribution in [0.2, 0.25) is 0 Å². The molecule has 0 radical (unpaired) electrons. The zero-order chi connectivity index (χ0) is 30.3. The molecule has 6 nitrogen and oxygen atoms in total. The van der Waals surface area contributed by atoms with Gasteiger partial charge in [-0.25, -0.2) is 13.6 Å². The highest BCUT2D eigenvalue weighted by Gasteiger charge is 2.43. The zero-order valence-electron chi connectivity index (χ0n) is 23.4. The first-order chi connectivity index (χ1) is 19.1. The van der Waals surface area contributed by atoms with Crippen LogP contribution >= 0.6 is 0 Å². The minimum absolute atomic E-state index is 0.107. The van der Waals surface area contributed by atoms with E-state index in [4.69, 9.17) is 4.74 Å². The van der Waals surface area contributed by atoms with Gasteiger partial charge in [0.2, 0.25) is 0 Å². The summed E-state index contributed by atoms with van der Waals surface area (Å²) in [5.41, 5.74) is -0.886. The average molecular weight is 588 g/mol. The molecule has 2 aliphatic rings. The van der Waals surface area contributed by atoms with E-state index in [2.05, 4.69) is 0 Å². The van der Waals surface area contributed by atoms with Gasteiger partial charge in [0, 0.05) is 31.2 Å². The number of phenolic OH excluding ortho intramolecular Hbond substituents is 1. The van der Waals surface area contributed by atoms with Gasteiger partial charge in [0.25, 0.3) is 0 Å². The number of hydrogen-bond donors (Lipinski definition) is 1. The molecule has 1 saturated heterocycles. The molecule has 41 heavy (non-hydrogen) atoms. The Kier molecular flexibility index (Phi) is 8.84. The highest BCUT2D eigenvalue weighted by molar-refractivity contribution is 5.89. The van der Waals surface area contributed by atoms with Crippen LogP contribution in [0.3, 0.4) is 0 Å². The fourth-order valence-electron chi connectivity index (χ4n) is 5.60. The molecule has 2 heterocycles. The summed E-state index contributed by atoms with van der Waals surface area (Å²) in [6.45, 7) is 5.71. The van der Waals surface area contributed by atoms with Gasteiger partial charge in [-0.1, -0.05) is 6.07 Å². The number of carbonyl (C=O) groups excluding carboxylic acids is 1. The molecule has 1 amide bonds. The number of nitrogens with zero attached hydrogens (tertiary/aromatic N) is 3. The van der Waals surface area contributed by atoms with Crippen LogP contribution in [0, 0.1) is 11.6 Å². The fourth-order valence-corrected chi connectivity index (χ4v) is 5.60. The SMILES string of the molecule is C[C@@H]1Cc2cc(O)ccc2[C@@H](c2c(F)cc(N(C(=O)OC(C)(C)C)C3CN(CCCF)C3)cc2F)N1CC(F)(F)F. The number of phenols is 1. The van der Waals surface area contributed by atoms with Crippen LogP contribution in [-0.4, -0.2) is 77.7 Å². The number of likely N-dealkylation sites (tertiary alicyclic amines) is 1. The van der Waals surface area contributed by atoms with Crippen molar-refractivity contribution in [3.63, 3.8) is 0 Å². The number of alkyl halides is 4. The molecule has 2 aromatic carbocycles. The predicted octanol–water partition coefficient (Wildman–Crippen LogP) is 6.35. The predicted molar refractivity (Wildman–Crippen MR) is 142 cm³/mol. The number of ether oxygens (including phenoxy) is 1. The highest BCUT2D eigenvalue weighted by Crippen LogP contribution is 2.43. The van der Waals surface area contributed by atoms with Crippen molar-refractivity contribution in [2.75, 3.05) is 37.8 Å². The lowest BCUT2D eigenvalue weighted by Gasteiger charge is -2.45. The van der Waals surface area contributed by atoms with Gasteiger partial charge in [-0.15, -0.1) is 0 Å². The quantitative estimate of drug-likeness (QED) is 0.383. The first-order valence-electron chi connectivity index (χ1n) is 13.5. The van der Waals surface area contributed by atoms with Crippen LogP contribution in [0.4, 0.5) is 36.8 Å². The molecule has 0 unspecified atom stereocenters. The topological polar surface area (TPSA) is 56.2 Å². The van der Waals surface area contributed by atoms with Gasteiger partial charge in [0.1, 0.15) is 23.0 Å². The smallest absolute Gasteiger partial charge is 0.415 e. The average Bonchev–Trinajstić information content (AvgIpc) is 2.79. The van der Waals surface area contributed by atoms with E-state index in [1.807, 2.05) is 4.90 Å². The number of anilines is 1. The summed E-state index contributed by atoms with van der Waals surface area (Å²) in [6, 6.07) is 3.24. The molecule has 12 heteroatoms. The van der Waals surface area contributed by atoms with Crippen LogP contribution < -0.4 is 4.90 Å². The van der Waals surface area contributed by atoms with Crippen molar-refractivity contribution in [3.05, 3.63) is 58.7 Å². The number of halogens is 6. The molecule has 2 aliphatic heterocycles. The monoisotopic (exact) mass is 587 g/mol. The van der Waals surface area contributed by atoms with E-state index >= 15 is 8.78 Å². The van der Waals surface area contributed by atoms with Crippen molar-refractivity contribution >= 4 is 11.8 Å². The molecule has 2 aromatic rings. The highest BCUT2D eigenvalue weighted by atomic mass is 19.4. The lowest BCUT2D eigenvalue weighted by atomic mass is 9.84. The molecule has 226 valence electrons. The van der Waals surface area contributed by atoms with Gasteiger partial charge in [-0.05, 0) is 75.9 Å². The maximum atomic E-state index is 16.0. The Morgan fingerprint density at radius 2 is 1.73 bits per heavy atom. The maximum absolute atomic E-state index is 16.0. The van der Waals surface area contributed by atoms with E-state index in [0.717, 1.165) is 21.9 Å². The summed E-state index contributed by atoms with van der Waals surface area (Å²) in [7, 11) is 0. The van der Waals surface area contributed by atoms with E-state index in [-0.39, 0.29) is 23.4 Å². The molecule has 2 atom stereocenters. The Bertz CT molecular complexity index is 1240. The summed E-state index contributed by atoms with van der Waals surface area (Å²) < 4.78 is 90.9. The molecule has 4 rings (SSSR count). The van der Waals surface area contributed by atoms with Gasteiger partial charge < -0.3 is 9.84 Å². The molecule has 0 saturated carbocycles. The molecule has 1 N–H and O–H groups in total. The van der Waals surface area contributed by atoms with Gasteiger partial charge in [0.15, 0.2) is 0 Å².